The van der Waals surface area contributed by atoms with E-state index < -0.39 is 0 Å². The van der Waals surface area contributed by atoms with E-state index in [1.165, 1.54) is 18.5 Å². The summed E-state index contributed by atoms with van der Waals surface area (Å²) < 4.78 is 2.20. The molecule has 2 atom stereocenters. The lowest BCUT2D eigenvalue weighted by molar-refractivity contribution is 0.382. The highest BCUT2D eigenvalue weighted by molar-refractivity contribution is 5.75. The molecule has 1 aromatic heterocycles. The summed E-state index contributed by atoms with van der Waals surface area (Å²) in [5, 5.41) is 3.70. The Morgan fingerprint density at radius 2 is 2.11 bits per heavy atom. The van der Waals surface area contributed by atoms with Crippen LogP contribution in [0.1, 0.15) is 25.2 Å². The average Bonchev–Trinajstić information content (AvgIpc) is 2.94. The quantitative estimate of drug-likeness (QED) is 0.913. The number of benzene rings is 1. The minimum Gasteiger partial charge on any atom is -0.330 e. The molecule has 0 saturated carbocycles. The summed E-state index contributed by atoms with van der Waals surface area (Å²) in [6.07, 6.45) is 1.23. The van der Waals surface area contributed by atoms with Crippen molar-refractivity contribution >= 4 is 11.0 Å². The number of likely N-dealkylation sites (tertiary alicyclic amines) is 1. The van der Waals surface area contributed by atoms with Crippen molar-refractivity contribution in [3.63, 3.8) is 0 Å². The molecule has 0 spiro atoms. The molecule has 1 fully saturated rings. The maximum Gasteiger partial charge on any atom is 0.126 e. The fourth-order valence-corrected chi connectivity index (χ4v) is 3.05. The van der Waals surface area contributed by atoms with Gasteiger partial charge in [0.1, 0.15) is 5.82 Å². The molecule has 0 bridgehead atoms. The summed E-state index contributed by atoms with van der Waals surface area (Å²) in [6.45, 7) is 4.53. The van der Waals surface area contributed by atoms with E-state index in [4.69, 9.17) is 4.98 Å². The Morgan fingerprint density at radius 1 is 1.32 bits per heavy atom. The Balaban J connectivity index is 1.81. The SMILES string of the molecule is CC(NC1CCN(C)C1)c1nc2ccccc2n1C. The standard InChI is InChI=1S/C15H22N4/c1-11(16-12-8-9-18(2)10-12)15-17-13-6-4-5-7-14(13)19(15)3/h4-7,11-12,16H,8-10H2,1-3H3. The maximum atomic E-state index is 4.76. The molecule has 0 radical (unpaired) electrons. The summed E-state index contributed by atoms with van der Waals surface area (Å²) in [5.41, 5.74) is 2.28. The van der Waals surface area contributed by atoms with Crippen LogP contribution >= 0.6 is 0 Å². The Labute approximate surface area is 114 Å². The van der Waals surface area contributed by atoms with Crippen LogP contribution in [-0.4, -0.2) is 40.6 Å². The Hall–Kier alpha value is -1.39. The van der Waals surface area contributed by atoms with Crippen LogP contribution in [0.5, 0.6) is 0 Å². The second-order valence-electron chi connectivity index (χ2n) is 5.65. The van der Waals surface area contributed by atoms with Crippen LogP contribution in [0.25, 0.3) is 11.0 Å². The van der Waals surface area contributed by atoms with Gasteiger partial charge in [-0.25, -0.2) is 4.98 Å². The van der Waals surface area contributed by atoms with E-state index in [0.717, 1.165) is 17.9 Å². The van der Waals surface area contributed by atoms with Crippen LogP contribution < -0.4 is 5.32 Å². The summed E-state index contributed by atoms with van der Waals surface area (Å²) >= 11 is 0. The third-order valence-corrected chi connectivity index (χ3v) is 4.09. The summed E-state index contributed by atoms with van der Waals surface area (Å²) in [4.78, 5) is 7.13. The highest BCUT2D eigenvalue weighted by atomic mass is 15.2. The Bertz CT molecular complexity index is 575. The number of likely N-dealkylation sites (N-methyl/N-ethyl adjacent to an activating group) is 1. The molecular formula is C15H22N4. The van der Waals surface area contributed by atoms with Gasteiger partial charge in [-0.1, -0.05) is 12.1 Å². The van der Waals surface area contributed by atoms with Crippen molar-refractivity contribution in [1.82, 2.24) is 19.8 Å². The van der Waals surface area contributed by atoms with Gasteiger partial charge >= 0.3 is 0 Å². The van der Waals surface area contributed by atoms with Crippen molar-refractivity contribution in [2.75, 3.05) is 20.1 Å². The second kappa shape index (κ2) is 4.94. The van der Waals surface area contributed by atoms with Gasteiger partial charge in [0, 0.05) is 19.6 Å². The molecule has 1 aromatic carbocycles. The molecule has 19 heavy (non-hydrogen) atoms. The van der Waals surface area contributed by atoms with E-state index in [0.29, 0.717) is 6.04 Å². The molecule has 2 heterocycles. The van der Waals surface area contributed by atoms with Crippen LogP contribution in [-0.2, 0) is 7.05 Å². The molecule has 0 amide bonds. The lowest BCUT2D eigenvalue weighted by Gasteiger charge is -2.19. The Morgan fingerprint density at radius 3 is 2.79 bits per heavy atom. The fraction of sp³-hybridized carbons (Fsp3) is 0.533. The first kappa shape index (κ1) is 12.6. The third kappa shape index (κ3) is 2.38. The summed E-state index contributed by atoms with van der Waals surface area (Å²) in [7, 11) is 4.28. The predicted octanol–water partition coefficient (Wildman–Crippen LogP) is 1.93. The number of nitrogens with zero attached hydrogens (tertiary/aromatic N) is 3. The van der Waals surface area contributed by atoms with Gasteiger partial charge in [0.2, 0.25) is 0 Å². The van der Waals surface area contributed by atoms with Crippen molar-refractivity contribution < 1.29 is 0 Å². The number of fused-ring (bicyclic) bond motifs is 1. The van der Waals surface area contributed by atoms with Crippen LogP contribution in [0.4, 0.5) is 0 Å². The van der Waals surface area contributed by atoms with Crippen molar-refractivity contribution in [1.29, 1.82) is 0 Å². The van der Waals surface area contributed by atoms with Crippen LogP contribution in [0.2, 0.25) is 0 Å². The topological polar surface area (TPSA) is 33.1 Å². The molecule has 0 aliphatic carbocycles. The summed E-state index contributed by atoms with van der Waals surface area (Å²) in [5.74, 6) is 1.12. The van der Waals surface area contributed by atoms with Crippen molar-refractivity contribution in [3.8, 4) is 0 Å². The fourth-order valence-electron chi connectivity index (χ4n) is 3.05. The zero-order chi connectivity index (χ0) is 13.4. The number of imidazole rings is 1. The number of hydrogen-bond acceptors (Lipinski definition) is 3. The van der Waals surface area contributed by atoms with Crippen LogP contribution in [0.15, 0.2) is 24.3 Å². The lowest BCUT2D eigenvalue weighted by Crippen LogP contribution is -2.34. The predicted molar refractivity (Wildman–Crippen MR) is 78.2 cm³/mol. The molecule has 1 aliphatic rings. The number of rotatable bonds is 3. The highest BCUT2D eigenvalue weighted by Crippen LogP contribution is 2.20. The van der Waals surface area contributed by atoms with Gasteiger partial charge in [0.05, 0.1) is 17.1 Å². The molecule has 2 unspecified atom stereocenters. The van der Waals surface area contributed by atoms with Gasteiger partial charge in [-0.3, -0.25) is 0 Å². The van der Waals surface area contributed by atoms with E-state index >= 15 is 0 Å². The van der Waals surface area contributed by atoms with E-state index in [9.17, 15) is 0 Å². The molecule has 4 nitrogen and oxygen atoms in total. The van der Waals surface area contributed by atoms with Crippen LogP contribution in [0, 0.1) is 0 Å². The zero-order valence-corrected chi connectivity index (χ0v) is 11.9. The Kier molecular flexibility index (Phi) is 3.29. The minimum atomic E-state index is 0.286. The molecule has 2 aromatic rings. The van der Waals surface area contributed by atoms with E-state index in [1.54, 1.807) is 0 Å². The largest absolute Gasteiger partial charge is 0.330 e. The van der Waals surface area contributed by atoms with E-state index in [-0.39, 0.29) is 6.04 Å². The number of aryl methyl sites for hydroxylation is 1. The molecule has 1 aliphatic heterocycles. The monoisotopic (exact) mass is 258 g/mol. The second-order valence-corrected chi connectivity index (χ2v) is 5.65. The van der Waals surface area contributed by atoms with Crippen molar-refractivity contribution in [2.24, 2.45) is 7.05 Å². The normalized spacial score (nSPS) is 22.2. The first-order valence-corrected chi connectivity index (χ1v) is 7.01. The zero-order valence-electron chi connectivity index (χ0n) is 11.9. The van der Waals surface area contributed by atoms with Gasteiger partial charge in [0.15, 0.2) is 0 Å². The number of hydrogen-bond donors (Lipinski definition) is 1. The first-order valence-electron chi connectivity index (χ1n) is 7.01. The van der Waals surface area contributed by atoms with Gasteiger partial charge < -0.3 is 14.8 Å². The van der Waals surface area contributed by atoms with Gasteiger partial charge in [-0.2, -0.15) is 0 Å². The number of para-hydroxylation sites is 2. The molecule has 4 heteroatoms. The average molecular weight is 258 g/mol. The smallest absolute Gasteiger partial charge is 0.126 e. The van der Waals surface area contributed by atoms with Crippen molar-refractivity contribution in [2.45, 2.75) is 25.4 Å². The van der Waals surface area contributed by atoms with Gasteiger partial charge in [-0.05, 0) is 39.1 Å². The molecule has 1 N–H and O–H groups in total. The van der Waals surface area contributed by atoms with Gasteiger partial charge in [-0.15, -0.1) is 0 Å². The van der Waals surface area contributed by atoms with E-state index in [2.05, 4.69) is 54.0 Å². The third-order valence-electron chi connectivity index (χ3n) is 4.09. The maximum absolute atomic E-state index is 4.76. The van der Waals surface area contributed by atoms with E-state index in [1.807, 2.05) is 6.07 Å². The van der Waals surface area contributed by atoms with Crippen molar-refractivity contribution in [3.05, 3.63) is 30.1 Å². The van der Waals surface area contributed by atoms with Crippen LogP contribution in [0.3, 0.4) is 0 Å². The molecule has 1 saturated heterocycles. The minimum absolute atomic E-state index is 0.286. The number of nitrogens with one attached hydrogen (secondary N) is 1. The highest BCUT2D eigenvalue weighted by Gasteiger charge is 2.23. The molecular weight excluding hydrogens is 236 g/mol. The van der Waals surface area contributed by atoms with Gasteiger partial charge in [0.25, 0.3) is 0 Å². The first-order chi connectivity index (χ1) is 9.15. The molecule has 102 valence electrons. The molecule has 3 rings (SSSR count). The lowest BCUT2D eigenvalue weighted by atomic mass is 10.2. The summed E-state index contributed by atoms with van der Waals surface area (Å²) in [6, 6.07) is 9.19. The number of aromatic nitrogens is 2.